The van der Waals surface area contributed by atoms with Gasteiger partial charge in [0.25, 0.3) is 0 Å². The second-order valence-corrected chi connectivity index (χ2v) is 5.10. The maximum Gasteiger partial charge on any atom is 0.222 e. The van der Waals surface area contributed by atoms with Gasteiger partial charge in [-0.05, 0) is 31.3 Å². The molecule has 0 aliphatic carbocycles. The number of carbonyl (C=O) groups excluding carboxylic acids is 1. The highest BCUT2D eigenvalue weighted by Crippen LogP contribution is 2.16. The Morgan fingerprint density at radius 3 is 2.80 bits per heavy atom. The summed E-state index contributed by atoms with van der Waals surface area (Å²) in [4.78, 5) is 13.5. The molecule has 1 fully saturated rings. The summed E-state index contributed by atoms with van der Waals surface area (Å²) >= 11 is 0. The number of rotatable bonds is 6. The first-order chi connectivity index (χ1) is 7.09. The maximum atomic E-state index is 11.5. The molecule has 1 aliphatic heterocycles. The molecule has 1 saturated heterocycles. The van der Waals surface area contributed by atoms with Gasteiger partial charge in [-0.25, -0.2) is 0 Å². The highest BCUT2D eigenvalue weighted by atomic mass is 16.2. The Morgan fingerprint density at radius 1 is 1.53 bits per heavy atom. The van der Waals surface area contributed by atoms with E-state index in [0.29, 0.717) is 17.7 Å². The largest absolute Gasteiger partial charge is 0.342 e. The zero-order valence-corrected chi connectivity index (χ0v) is 10.3. The Morgan fingerprint density at radius 2 is 2.27 bits per heavy atom. The molecule has 1 rings (SSSR count). The van der Waals surface area contributed by atoms with E-state index in [4.69, 9.17) is 0 Å². The molecule has 3 nitrogen and oxygen atoms in total. The predicted octanol–water partition coefficient (Wildman–Crippen LogP) is 1.49. The molecule has 1 heterocycles. The number of hydrogen-bond donors (Lipinski definition) is 1. The van der Waals surface area contributed by atoms with Gasteiger partial charge < -0.3 is 10.2 Å². The van der Waals surface area contributed by atoms with Gasteiger partial charge in [-0.15, -0.1) is 0 Å². The molecule has 0 saturated carbocycles. The standard InChI is InChI=1S/C12H24N2O/c1-10(2)8-13-5-4-6-14-9-11(3)7-12(14)15/h10-11,13H,4-9H2,1-3H3. The van der Waals surface area contributed by atoms with Crippen LogP contribution in [0.2, 0.25) is 0 Å². The first-order valence-corrected chi connectivity index (χ1v) is 6.08. The second kappa shape index (κ2) is 6.11. The summed E-state index contributed by atoms with van der Waals surface area (Å²) in [6.45, 7) is 10.5. The fourth-order valence-electron chi connectivity index (χ4n) is 1.97. The summed E-state index contributed by atoms with van der Waals surface area (Å²) in [6.07, 6.45) is 1.82. The zero-order chi connectivity index (χ0) is 11.3. The maximum absolute atomic E-state index is 11.5. The van der Waals surface area contributed by atoms with E-state index in [9.17, 15) is 4.79 Å². The number of amides is 1. The molecule has 15 heavy (non-hydrogen) atoms. The minimum atomic E-state index is 0.339. The van der Waals surface area contributed by atoms with E-state index in [1.54, 1.807) is 0 Å². The number of carbonyl (C=O) groups is 1. The Hall–Kier alpha value is -0.570. The van der Waals surface area contributed by atoms with Crippen molar-refractivity contribution in [2.24, 2.45) is 11.8 Å². The summed E-state index contributed by atoms with van der Waals surface area (Å²) in [5.41, 5.74) is 0. The summed E-state index contributed by atoms with van der Waals surface area (Å²) in [7, 11) is 0. The number of nitrogens with zero attached hydrogens (tertiary/aromatic N) is 1. The molecular formula is C12H24N2O. The van der Waals surface area contributed by atoms with E-state index in [-0.39, 0.29) is 0 Å². The fourth-order valence-corrected chi connectivity index (χ4v) is 1.97. The monoisotopic (exact) mass is 212 g/mol. The Balaban J connectivity index is 2.03. The first-order valence-electron chi connectivity index (χ1n) is 6.08. The minimum absolute atomic E-state index is 0.339. The highest BCUT2D eigenvalue weighted by molar-refractivity contribution is 5.78. The van der Waals surface area contributed by atoms with Crippen LogP contribution in [0.1, 0.15) is 33.6 Å². The smallest absolute Gasteiger partial charge is 0.222 e. The molecule has 1 unspecified atom stereocenters. The Bertz CT molecular complexity index is 204. The van der Waals surface area contributed by atoms with Crippen molar-refractivity contribution < 1.29 is 4.79 Å². The SMILES string of the molecule is CC(C)CNCCCN1CC(C)CC1=O. The molecule has 1 N–H and O–H groups in total. The molecule has 88 valence electrons. The summed E-state index contributed by atoms with van der Waals surface area (Å²) in [5, 5.41) is 3.40. The van der Waals surface area contributed by atoms with E-state index >= 15 is 0 Å². The third-order valence-corrected chi connectivity index (χ3v) is 2.74. The third-order valence-electron chi connectivity index (χ3n) is 2.74. The normalized spacial score (nSPS) is 21.7. The van der Waals surface area contributed by atoms with E-state index in [1.807, 2.05) is 4.90 Å². The van der Waals surface area contributed by atoms with E-state index < -0.39 is 0 Å². The second-order valence-electron chi connectivity index (χ2n) is 5.10. The van der Waals surface area contributed by atoms with Crippen LogP contribution < -0.4 is 5.32 Å². The van der Waals surface area contributed by atoms with Crippen LogP contribution in [-0.4, -0.2) is 37.0 Å². The van der Waals surface area contributed by atoms with Crippen molar-refractivity contribution in [3.05, 3.63) is 0 Å². The lowest BCUT2D eigenvalue weighted by molar-refractivity contribution is -0.127. The Kier molecular flexibility index (Phi) is 5.09. The van der Waals surface area contributed by atoms with E-state index in [2.05, 4.69) is 26.1 Å². The molecule has 3 heteroatoms. The molecule has 0 aromatic rings. The lowest BCUT2D eigenvalue weighted by Gasteiger charge is -2.16. The van der Waals surface area contributed by atoms with Crippen LogP contribution in [0.5, 0.6) is 0 Å². The van der Waals surface area contributed by atoms with Crippen LogP contribution in [-0.2, 0) is 4.79 Å². The predicted molar refractivity (Wildman–Crippen MR) is 62.7 cm³/mol. The van der Waals surface area contributed by atoms with Crippen molar-refractivity contribution in [1.29, 1.82) is 0 Å². The number of likely N-dealkylation sites (tertiary alicyclic amines) is 1. The highest BCUT2D eigenvalue weighted by Gasteiger charge is 2.25. The zero-order valence-electron chi connectivity index (χ0n) is 10.3. The van der Waals surface area contributed by atoms with E-state index in [1.165, 1.54) is 0 Å². The molecule has 0 spiro atoms. The molecule has 0 bridgehead atoms. The average molecular weight is 212 g/mol. The molecule has 1 atom stereocenters. The van der Waals surface area contributed by atoms with Gasteiger partial charge in [0.1, 0.15) is 0 Å². The molecule has 1 aliphatic rings. The van der Waals surface area contributed by atoms with Crippen molar-refractivity contribution >= 4 is 5.91 Å². The summed E-state index contributed by atoms with van der Waals surface area (Å²) in [5.74, 6) is 1.60. The van der Waals surface area contributed by atoms with Gasteiger partial charge in [-0.2, -0.15) is 0 Å². The minimum Gasteiger partial charge on any atom is -0.342 e. The summed E-state index contributed by atoms with van der Waals surface area (Å²) < 4.78 is 0. The van der Waals surface area contributed by atoms with Crippen LogP contribution in [0.3, 0.4) is 0 Å². The van der Waals surface area contributed by atoms with Crippen LogP contribution in [0, 0.1) is 11.8 Å². The first kappa shape index (κ1) is 12.5. The van der Waals surface area contributed by atoms with E-state index in [0.717, 1.165) is 39.0 Å². The summed E-state index contributed by atoms with van der Waals surface area (Å²) in [6, 6.07) is 0. The van der Waals surface area contributed by atoms with Gasteiger partial charge in [0.2, 0.25) is 5.91 Å². The third kappa shape index (κ3) is 4.65. The molecule has 0 aromatic heterocycles. The molecular weight excluding hydrogens is 188 g/mol. The van der Waals surface area contributed by atoms with Gasteiger partial charge in [0.05, 0.1) is 0 Å². The average Bonchev–Trinajstić information content (AvgIpc) is 2.44. The van der Waals surface area contributed by atoms with Crippen LogP contribution in [0.25, 0.3) is 0 Å². The van der Waals surface area contributed by atoms with Crippen LogP contribution in [0.4, 0.5) is 0 Å². The van der Waals surface area contributed by atoms with Crippen LogP contribution >= 0.6 is 0 Å². The molecule has 0 aromatic carbocycles. The van der Waals surface area contributed by atoms with Gasteiger partial charge in [-0.3, -0.25) is 4.79 Å². The van der Waals surface area contributed by atoms with Crippen molar-refractivity contribution in [3.63, 3.8) is 0 Å². The Labute approximate surface area is 93.2 Å². The van der Waals surface area contributed by atoms with Gasteiger partial charge in [-0.1, -0.05) is 20.8 Å². The van der Waals surface area contributed by atoms with Crippen molar-refractivity contribution in [2.75, 3.05) is 26.2 Å². The van der Waals surface area contributed by atoms with Crippen molar-refractivity contribution in [3.8, 4) is 0 Å². The fraction of sp³-hybridized carbons (Fsp3) is 0.917. The van der Waals surface area contributed by atoms with Gasteiger partial charge >= 0.3 is 0 Å². The number of nitrogens with one attached hydrogen (secondary N) is 1. The quantitative estimate of drug-likeness (QED) is 0.677. The van der Waals surface area contributed by atoms with Crippen molar-refractivity contribution in [1.82, 2.24) is 10.2 Å². The van der Waals surface area contributed by atoms with Crippen LogP contribution in [0.15, 0.2) is 0 Å². The molecule has 1 amide bonds. The van der Waals surface area contributed by atoms with Crippen molar-refractivity contribution in [2.45, 2.75) is 33.6 Å². The lowest BCUT2D eigenvalue weighted by Crippen LogP contribution is -2.29. The van der Waals surface area contributed by atoms with Gasteiger partial charge in [0.15, 0.2) is 0 Å². The lowest BCUT2D eigenvalue weighted by atomic mass is 10.2. The molecule has 0 radical (unpaired) electrons. The number of hydrogen-bond acceptors (Lipinski definition) is 2. The topological polar surface area (TPSA) is 32.3 Å². The van der Waals surface area contributed by atoms with Gasteiger partial charge in [0, 0.05) is 19.5 Å².